The van der Waals surface area contributed by atoms with E-state index < -0.39 is 0 Å². The summed E-state index contributed by atoms with van der Waals surface area (Å²) in [5.74, 6) is 0.118. The van der Waals surface area contributed by atoms with Crippen LogP contribution in [-0.2, 0) is 11.2 Å². The SMILES string of the molecule is O=C(CCc1cnn(-c2ccccc2)c1)NCCCN1CCNCC1. The summed E-state index contributed by atoms with van der Waals surface area (Å²) in [6.45, 7) is 6.18. The fourth-order valence-corrected chi connectivity index (χ4v) is 3.02. The molecule has 1 aromatic heterocycles. The van der Waals surface area contributed by atoms with Crippen molar-refractivity contribution in [3.8, 4) is 5.69 Å². The van der Waals surface area contributed by atoms with Crippen LogP contribution in [0.25, 0.3) is 5.69 Å². The van der Waals surface area contributed by atoms with Crippen molar-refractivity contribution in [1.29, 1.82) is 0 Å². The van der Waals surface area contributed by atoms with E-state index >= 15 is 0 Å². The third-order valence-electron chi connectivity index (χ3n) is 4.48. The number of aryl methyl sites for hydroxylation is 1. The zero-order valence-electron chi connectivity index (χ0n) is 14.7. The Morgan fingerprint density at radius 2 is 2.00 bits per heavy atom. The highest BCUT2D eigenvalue weighted by atomic mass is 16.1. The zero-order chi connectivity index (χ0) is 17.3. The molecule has 134 valence electrons. The van der Waals surface area contributed by atoms with Gasteiger partial charge in [0, 0.05) is 45.3 Å². The van der Waals surface area contributed by atoms with Crippen LogP contribution in [0.1, 0.15) is 18.4 Å². The maximum Gasteiger partial charge on any atom is 0.220 e. The number of hydrogen-bond donors (Lipinski definition) is 2. The Balaban J connectivity index is 1.33. The van der Waals surface area contributed by atoms with Crippen molar-refractivity contribution in [2.45, 2.75) is 19.3 Å². The quantitative estimate of drug-likeness (QED) is 0.709. The second kappa shape index (κ2) is 9.34. The van der Waals surface area contributed by atoms with Gasteiger partial charge < -0.3 is 15.5 Å². The molecule has 2 heterocycles. The molecular formula is C19H27N5O. The second-order valence-corrected chi connectivity index (χ2v) is 6.42. The van der Waals surface area contributed by atoms with Gasteiger partial charge in [-0.25, -0.2) is 4.68 Å². The number of nitrogens with zero attached hydrogens (tertiary/aromatic N) is 3. The van der Waals surface area contributed by atoms with Crippen LogP contribution < -0.4 is 10.6 Å². The Morgan fingerprint density at radius 1 is 1.20 bits per heavy atom. The predicted octanol–water partition coefficient (Wildman–Crippen LogP) is 1.22. The summed E-state index contributed by atoms with van der Waals surface area (Å²) >= 11 is 0. The van der Waals surface area contributed by atoms with Crippen LogP contribution in [0, 0.1) is 0 Å². The van der Waals surface area contributed by atoms with Gasteiger partial charge in [-0.2, -0.15) is 5.10 Å². The van der Waals surface area contributed by atoms with E-state index in [-0.39, 0.29) is 5.91 Å². The molecule has 0 bridgehead atoms. The molecule has 1 aliphatic heterocycles. The molecule has 1 saturated heterocycles. The van der Waals surface area contributed by atoms with E-state index in [4.69, 9.17) is 0 Å². The first-order valence-corrected chi connectivity index (χ1v) is 9.10. The summed E-state index contributed by atoms with van der Waals surface area (Å²) in [6.07, 6.45) is 6.07. The van der Waals surface area contributed by atoms with Gasteiger partial charge >= 0.3 is 0 Å². The maximum absolute atomic E-state index is 12.0. The van der Waals surface area contributed by atoms with Gasteiger partial charge in [-0.3, -0.25) is 4.79 Å². The lowest BCUT2D eigenvalue weighted by atomic mass is 10.2. The molecule has 6 nitrogen and oxygen atoms in total. The Kier molecular flexibility index (Phi) is 6.59. The fraction of sp³-hybridized carbons (Fsp3) is 0.474. The molecule has 3 rings (SSSR count). The first-order chi connectivity index (χ1) is 12.3. The summed E-state index contributed by atoms with van der Waals surface area (Å²) in [4.78, 5) is 14.4. The number of aromatic nitrogens is 2. The van der Waals surface area contributed by atoms with Crippen LogP contribution >= 0.6 is 0 Å². The lowest BCUT2D eigenvalue weighted by Gasteiger charge is -2.27. The van der Waals surface area contributed by atoms with Crippen molar-refractivity contribution in [2.75, 3.05) is 39.3 Å². The third kappa shape index (κ3) is 5.69. The van der Waals surface area contributed by atoms with Gasteiger partial charge in [-0.15, -0.1) is 0 Å². The van der Waals surface area contributed by atoms with E-state index in [2.05, 4.69) is 20.6 Å². The number of piperazine rings is 1. The minimum absolute atomic E-state index is 0.118. The van der Waals surface area contributed by atoms with Crippen molar-refractivity contribution < 1.29 is 4.79 Å². The highest BCUT2D eigenvalue weighted by Crippen LogP contribution is 2.09. The van der Waals surface area contributed by atoms with Crippen LogP contribution in [0.3, 0.4) is 0 Å². The number of amides is 1. The van der Waals surface area contributed by atoms with Crippen LogP contribution in [0.15, 0.2) is 42.7 Å². The molecule has 1 amide bonds. The molecule has 0 aliphatic carbocycles. The molecule has 2 aromatic rings. The molecular weight excluding hydrogens is 314 g/mol. The highest BCUT2D eigenvalue weighted by molar-refractivity contribution is 5.76. The number of hydrogen-bond acceptors (Lipinski definition) is 4. The average Bonchev–Trinajstić information content (AvgIpc) is 3.14. The minimum atomic E-state index is 0.118. The first-order valence-electron chi connectivity index (χ1n) is 9.10. The molecule has 25 heavy (non-hydrogen) atoms. The van der Waals surface area contributed by atoms with Gasteiger partial charge in [0.05, 0.1) is 11.9 Å². The van der Waals surface area contributed by atoms with Crippen molar-refractivity contribution in [3.05, 3.63) is 48.3 Å². The molecule has 2 N–H and O–H groups in total. The van der Waals surface area contributed by atoms with E-state index in [1.807, 2.05) is 47.4 Å². The van der Waals surface area contributed by atoms with E-state index in [0.29, 0.717) is 6.42 Å². The van der Waals surface area contributed by atoms with Gasteiger partial charge in [0.25, 0.3) is 0 Å². The van der Waals surface area contributed by atoms with Crippen LogP contribution in [-0.4, -0.2) is 59.9 Å². The summed E-state index contributed by atoms with van der Waals surface area (Å²) < 4.78 is 1.85. The normalized spacial score (nSPS) is 15.2. The Labute approximate surface area is 149 Å². The minimum Gasteiger partial charge on any atom is -0.356 e. The van der Waals surface area contributed by atoms with Crippen molar-refractivity contribution in [3.63, 3.8) is 0 Å². The van der Waals surface area contributed by atoms with Gasteiger partial charge in [0.15, 0.2) is 0 Å². The van der Waals surface area contributed by atoms with Crippen molar-refractivity contribution >= 4 is 5.91 Å². The Morgan fingerprint density at radius 3 is 2.80 bits per heavy atom. The second-order valence-electron chi connectivity index (χ2n) is 6.42. The molecule has 1 fully saturated rings. The monoisotopic (exact) mass is 341 g/mol. The van der Waals surface area contributed by atoms with E-state index in [9.17, 15) is 4.79 Å². The largest absolute Gasteiger partial charge is 0.356 e. The van der Waals surface area contributed by atoms with Gasteiger partial charge in [-0.1, -0.05) is 18.2 Å². The molecule has 1 aliphatic rings. The molecule has 1 aromatic carbocycles. The topological polar surface area (TPSA) is 62.2 Å². The Bertz CT molecular complexity index is 649. The average molecular weight is 341 g/mol. The maximum atomic E-state index is 12.0. The number of rotatable bonds is 8. The van der Waals surface area contributed by atoms with Crippen molar-refractivity contribution in [1.82, 2.24) is 25.3 Å². The molecule has 0 radical (unpaired) electrons. The summed E-state index contributed by atoms with van der Waals surface area (Å²) in [5.41, 5.74) is 2.12. The molecule has 6 heteroatoms. The molecule has 0 saturated carbocycles. The summed E-state index contributed by atoms with van der Waals surface area (Å²) in [7, 11) is 0. The predicted molar refractivity (Wildman–Crippen MR) is 98.8 cm³/mol. The number of benzene rings is 1. The van der Waals surface area contributed by atoms with Crippen molar-refractivity contribution in [2.24, 2.45) is 0 Å². The van der Waals surface area contributed by atoms with Crippen LogP contribution in [0.2, 0.25) is 0 Å². The number of nitrogens with one attached hydrogen (secondary N) is 2. The number of carbonyl (C=O) groups excluding carboxylic acids is 1. The lowest BCUT2D eigenvalue weighted by Crippen LogP contribution is -2.44. The molecule has 0 spiro atoms. The first kappa shape index (κ1) is 17.6. The Hall–Kier alpha value is -2.18. The van der Waals surface area contributed by atoms with Crippen LogP contribution in [0.4, 0.5) is 0 Å². The van der Waals surface area contributed by atoms with E-state index in [0.717, 1.165) is 63.4 Å². The standard InChI is InChI=1S/C19H27N5O/c25-19(21-9-4-12-23-13-10-20-11-14-23)8-7-17-15-22-24(16-17)18-5-2-1-3-6-18/h1-3,5-6,15-16,20H,4,7-14H2,(H,21,25). The highest BCUT2D eigenvalue weighted by Gasteiger charge is 2.09. The van der Waals surface area contributed by atoms with E-state index in [1.54, 1.807) is 0 Å². The van der Waals surface area contributed by atoms with Gasteiger partial charge in [0.1, 0.15) is 0 Å². The lowest BCUT2D eigenvalue weighted by molar-refractivity contribution is -0.121. The molecule has 0 atom stereocenters. The van der Waals surface area contributed by atoms with E-state index in [1.165, 1.54) is 0 Å². The van der Waals surface area contributed by atoms with Gasteiger partial charge in [-0.05, 0) is 37.1 Å². The zero-order valence-corrected chi connectivity index (χ0v) is 14.7. The summed E-state index contributed by atoms with van der Waals surface area (Å²) in [5, 5.41) is 10.7. The van der Waals surface area contributed by atoms with Gasteiger partial charge in [0.2, 0.25) is 5.91 Å². The fourth-order valence-electron chi connectivity index (χ4n) is 3.02. The van der Waals surface area contributed by atoms with Crippen LogP contribution in [0.5, 0.6) is 0 Å². The third-order valence-corrected chi connectivity index (χ3v) is 4.48. The number of para-hydroxylation sites is 1. The number of carbonyl (C=O) groups is 1. The smallest absolute Gasteiger partial charge is 0.220 e. The molecule has 0 unspecified atom stereocenters. The summed E-state index contributed by atoms with van der Waals surface area (Å²) in [6, 6.07) is 10.00.